The highest BCUT2D eigenvalue weighted by Gasteiger charge is 2.24. The van der Waals surface area contributed by atoms with Crippen LogP contribution >= 0.6 is 15.9 Å². The number of hydrogen-bond donors (Lipinski definition) is 1. The van der Waals surface area contributed by atoms with Gasteiger partial charge in [0.2, 0.25) is 0 Å². The molecular weight excluding hydrogens is 394 g/mol. The van der Waals surface area contributed by atoms with E-state index in [1.807, 2.05) is 59.5 Å². The van der Waals surface area contributed by atoms with E-state index in [0.717, 1.165) is 21.1 Å². The minimum atomic E-state index is -0.0388. The number of benzene rings is 2. The van der Waals surface area contributed by atoms with Crippen LogP contribution in [0.2, 0.25) is 0 Å². The zero-order chi connectivity index (χ0) is 17.9. The SMILES string of the molecule is O=C(C(=Cc1ccccc1Br)c1nc2ccccc2[nH]1)N1CCOCC1. The van der Waals surface area contributed by atoms with Gasteiger partial charge in [0, 0.05) is 17.6 Å². The molecule has 0 atom stereocenters. The molecule has 0 radical (unpaired) electrons. The van der Waals surface area contributed by atoms with Crippen molar-refractivity contribution in [2.24, 2.45) is 0 Å². The summed E-state index contributed by atoms with van der Waals surface area (Å²) in [6, 6.07) is 15.6. The zero-order valence-corrected chi connectivity index (χ0v) is 15.7. The summed E-state index contributed by atoms with van der Waals surface area (Å²) < 4.78 is 6.31. The van der Waals surface area contributed by atoms with E-state index < -0.39 is 0 Å². The summed E-state index contributed by atoms with van der Waals surface area (Å²) in [5, 5.41) is 0. The Kier molecular flexibility index (Phi) is 4.86. The minimum absolute atomic E-state index is 0.0388. The van der Waals surface area contributed by atoms with Crippen LogP contribution in [0.15, 0.2) is 53.0 Å². The highest BCUT2D eigenvalue weighted by molar-refractivity contribution is 9.10. The lowest BCUT2D eigenvalue weighted by atomic mass is 10.1. The summed E-state index contributed by atoms with van der Waals surface area (Å²) in [6.07, 6.45) is 1.89. The summed E-state index contributed by atoms with van der Waals surface area (Å²) >= 11 is 3.56. The Morgan fingerprint density at radius 3 is 2.62 bits per heavy atom. The number of carbonyl (C=O) groups excluding carboxylic acids is 1. The Hall–Kier alpha value is -2.44. The molecule has 0 aliphatic carbocycles. The first-order valence-electron chi connectivity index (χ1n) is 8.51. The zero-order valence-electron chi connectivity index (χ0n) is 14.1. The lowest BCUT2D eigenvalue weighted by Gasteiger charge is -2.27. The predicted octanol–water partition coefficient (Wildman–Crippen LogP) is 3.72. The maximum atomic E-state index is 13.2. The molecule has 132 valence electrons. The van der Waals surface area contributed by atoms with E-state index in [1.54, 1.807) is 0 Å². The third kappa shape index (κ3) is 3.43. The molecule has 5 nitrogen and oxygen atoms in total. The number of hydrogen-bond acceptors (Lipinski definition) is 3. The van der Waals surface area contributed by atoms with Crippen molar-refractivity contribution in [1.29, 1.82) is 0 Å². The third-order valence-corrected chi connectivity index (χ3v) is 5.10. The molecular formula is C20H18BrN3O2. The van der Waals surface area contributed by atoms with E-state index in [9.17, 15) is 4.79 Å². The van der Waals surface area contributed by atoms with Crippen LogP contribution in [0.1, 0.15) is 11.4 Å². The normalized spacial score (nSPS) is 15.4. The smallest absolute Gasteiger partial charge is 0.257 e. The molecule has 1 amide bonds. The fourth-order valence-corrected chi connectivity index (χ4v) is 3.40. The fourth-order valence-electron chi connectivity index (χ4n) is 3.00. The largest absolute Gasteiger partial charge is 0.378 e. The molecule has 26 heavy (non-hydrogen) atoms. The first kappa shape index (κ1) is 17.0. The fraction of sp³-hybridized carbons (Fsp3) is 0.200. The average molecular weight is 412 g/mol. The van der Waals surface area contributed by atoms with Crippen molar-refractivity contribution in [3.63, 3.8) is 0 Å². The Balaban J connectivity index is 1.80. The molecule has 0 unspecified atom stereocenters. The molecule has 1 saturated heterocycles. The van der Waals surface area contributed by atoms with Gasteiger partial charge >= 0.3 is 0 Å². The van der Waals surface area contributed by atoms with Crippen LogP contribution in [0.5, 0.6) is 0 Å². The first-order chi connectivity index (χ1) is 12.7. The van der Waals surface area contributed by atoms with E-state index in [-0.39, 0.29) is 5.91 Å². The highest BCUT2D eigenvalue weighted by Crippen LogP contribution is 2.25. The van der Waals surface area contributed by atoms with Gasteiger partial charge in [-0.15, -0.1) is 0 Å². The maximum absolute atomic E-state index is 13.2. The van der Waals surface area contributed by atoms with Gasteiger partial charge in [0.05, 0.1) is 29.8 Å². The molecule has 1 aromatic heterocycles. The van der Waals surface area contributed by atoms with Gasteiger partial charge in [-0.1, -0.05) is 46.3 Å². The van der Waals surface area contributed by atoms with Crippen molar-refractivity contribution in [2.45, 2.75) is 0 Å². The van der Waals surface area contributed by atoms with E-state index >= 15 is 0 Å². The summed E-state index contributed by atoms with van der Waals surface area (Å²) in [5.41, 5.74) is 3.24. The number of aromatic amines is 1. The molecule has 1 aliphatic rings. The van der Waals surface area contributed by atoms with Crippen molar-refractivity contribution >= 4 is 44.5 Å². The quantitative estimate of drug-likeness (QED) is 0.668. The Labute approximate surface area is 159 Å². The van der Waals surface area contributed by atoms with E-state index in [1.165, 1.54) is 0 Å². The van der Waals surface area contributed by atoms with Crippen LogP contribution in [0, 0.1) is 0 Å². The summed E-state index contributed by atoms with van der Waals surface area (Å²) in [7, 11) is 0. The number of nitrogens with zero attached hydrogens (tertiary/aromatic N) is 2. The number of aromatic nitrogens is 2. The van der Waals surface area contributed by atoms with Gasteiger partial charge in [0.25, 0.3) is 5.91 Å². The summed E-state index contributed by atoms with van der Waals surface area (Å²) in [5.74, 6) is 0.543. The van der Waals surface area contributed by atoms with Crippen molar-refractivity contribution in [3.05, 3.63) is 64.4 Å². The number of carbonyl (C=O) groups is 1. The number of rotatable bonds is 3. The van der Waals surface area contributed by atoms with E-state index in [2.05, 4.69) is 25.9 Å². The third-order valence-electron chi connectivity index (χ3n) is 4.38. The maximum Gasteiger partial charge on any atom is 0.257 e. The van der Waals surface area contributed by atoms with Gasteiger partial charge in [-0.25, -0.2) is 4.98 Å². The number of imidazole rings is 1. The molecule has 6 heteroatoms. The van der Waals surface area contributed by atoms with Gasteiger partial charge in [-0.05, 0) is 29.8 Å². The summed E-state index contributed by atoms with van der Waals surface area (Å²) in [6.45, 7) is 2.31. The monoisotopic (exact) mass is 411 g/mol. The lowest BCUT2D eigenvalue weighted by molar-refractivity contribution is -0.128. The van der Waals surface area contributed by atoms with E-state index in [4.69, 9.17) is 4.74 Å². The minimum Gasteiger partial charge on any atom is -0.378 e. The number of H-pyrrole nitrogens is 1. The van der Waals surface area contributed by atoms with Crippen LogP contribution in [-0.4, -0.2) is 47.1 Å². The number of halogens is 1. The Morgan fingerprint density at radius 2 is 1.85 bits per heavy atom. The van der Waals surface area contributed by atoms with Crippen LogP contribution in [0.25, 0.3) is 22.7 Å². The van der Waals surface area contributed by atoms with Crippen LogP contribution in [0.3, 0.4) is 0 Å². The van der Waals surface area contributed by atoms with Crippen molar-refractivity contribution in [1.82, 2.24) is 14.9 Å². The standard InChI is InChI=1S/C20H18BrN3O2/c21-16-6-2-1-5-14(16)13-15(20(25)24-9-11-26-12-10-24)19-22-17-7-3-4-8-18(17)23-19/h1-8,13H,9-12H2,(H,22,23). The topological polar surface area (TPSA) is 58.2 Å². The van der Waals surface area contributed by atoms with Gasteiger partial charge in [0.15, 0.2) is 0 Å². The van der Waals surface area contributed by atoms with Crippen LogP contribution < -0.4 is 0 Å². The molecule has 4 rings (SSSR count). The highest BCUT2D eigenvalue weighted by atomic mass is 79.9. The predicted molar refractivity (Wildman–Crippen MR) is 106 cm³/mol. The number of para-hydroxylation sites is 2. The van der Waals surface area contributed by atoms with Gasteiger partial charge in [-0.2, -0.15) is 0 Å². The number of fused-ring (bicyclic) bond motifs is 1. The second kappa shape index (κ2) is 7.43. The van der Waals surface area contributed by atoms with Gasteiger partial charge in [0.1, 0.15) is 5.82 Å². The van der Waals surface area contributed by atoms with Crippen LogP contribution in [-0.2, 0) is 9.53 Å². The molecule has 1 fully saturated rings. The number of ether oxygens (including phenoxy) is 1. The van der Waals surface area contributed by atoms with Crippen LogP contribution in [0.4, 0.5) is 0 Å². The molecule has 0 saturated carbocycles. The molecule has 1 N–H and O–H groups in total. The molecule has 1 aliphatic heterocycles. The second-order valence-corrected chi connectivity index (χ2v) is 6.94. The van der Waals surface area contributed by atoms with Gasteiger partial charge in [-0.3, -0.25) is 4.79 Å². The molecule has 3 aromatic rings. The molecule has 2 heterocycles. The van der Waals surface area contributed by atoms with Crippen molar-refractivity contribution in [3.8, 4) is 0 Å². The van der Waals surface area contributed by atoms with E-state index in [0.29, 0.717) is 37.7 Å². The first-order valence-corrected chi connectivity index (χ1v) is 9.30. The molecule has 2 aromatic carbocycles. The number of nitrogens with one attached hydrogen (secondary N) is 1. The van der Waals surface area contributed by atoms with Gasteiger partial charge < -0.3 is 14.6 Å². The molecule has 0 spiro atoms. The Bertz CT molecular complexity index is 941. The number of morpholine rings is 1. The Morgan fingerprint density at radius 1 is 1.12 bits per heavy atom. The molecule has 0 bridgehead atoms. The lowest BCUT2D eigenvalue weighted by Crippen LogP contribution is -2.41. The van der Waals surface area contributed by atoms with Crippen molar-refractivity contribution < 1.29 is 9.53 Å². The number of amides is 1. The second-order valence-electron chi connectivity index (χ2n) is 6.09. The average Bonchev–Trinajstić information content (AvgIpc) is 3.11. The van der Waals surface area contributed by atoms with Crippen molar-refractivity contribution in [2.75, 3.05) is 26.3 Å². The summed E-state index contributed by atoms with van der Waals surface area (Å²) in [4.78, 5) is 23.0.